The summed E-state index contributed by atoms with van der Waals surface area (Å²) in [6.45, 7) is 9.35. The highest BCUT2D eigenvalue weighted by Gasteiger charge is 2.15. The minimum Gasteiger partial charge on any atom is -0.380 e. The fourth-order valence-corrected chi connectivity index (χ4v) is 2.74. The van der Waals surface area contributed by atoms with Crippen LogP contribution in [0.25, 0.3) is 0 Å². The third kappa shape index (κ3) is 5.66. The zero-order valence-electron chi connectivity index (χ0n) is 11.2. The van der Waals surface area contributed by atoms with Crippen molar-refractivity contribution >= 4 is 11.3 Å². The molecule has 17 heavy (non-hydrogen) atoms. The van der Waals surface area contributed by atoms with Crippen molar-refractivity contribution in [3.05, 3.63) is 22.4 Å². The first kappa shape index (κ1) is 14.7. The third-order valence-electron chi connectivity index (χ3n) is 2.77. The first-order valence-electron chi connectivity index (χ1n) is 6.60. The number of nitrogens with one attached hydrogen (secondary N) is 1. The van der Waals surface area contributed by atoms with Crippen LogP contribution >= 0.6 is 11.3 Å². The summed E-state index contributed by atoms with van der Waals surface area (Å²) >= 11 is 1.83. The van der Waals surface area contributed by atoms with E-state index in [0.29, 0.717) is 12.0 Å². The summed E-state index contributed by atoms with van der Waals surface area (Å²) in [7, 11) is 0. The number of unbranched alkanes of at least 4 members (excludes halogenated alkanes) is 1. The number of rotatable bonds is 9. The van der Waals surface area contributed by atoms with E-state index in [1.807, 2.05) is 11.3 Å². The molecule has 0 bridgehead atoms. The lowest BCUT2D eigenvalue weighted by molar-refractivity contribution is 0.129. The molecule has 1 N–H and O–H groups in total. The molecule has 1 rings (SSSR count). The van der Waals surface area contributed by atoms with Gasteiger partial charge in [0.1, 0.15) is 0 Å². The van der Waals surface area contributed by atoms with Crippen molar-refractivity contribution in [2.75, 3.05) is 19.8 Å². The van der Waals surface area contributed by atoms with Crippen molar-refractivity contribution < 1.29 is 4.74 Å². The fourth-order valence-electron chi connectivity index (χ4n) is 1.77. The zero-order chi connectivity index (χ0) is 12.5. The van der Waals surface area contributed by atoms with Crippen LogP contribution in [0, 0.1) is 5.92 Å². The van der Waals surface area contributed by atoms with Gasteiger partial charge >= 0.3 is 0 Å². The Kier molecular flexibility index (Phi) is 7.49. The van der Waals surface area contributed by atoms with Crippen LogP contribution in [0.15, 0.2) is 17.5 Å². The molecular weight excluding hydrogens is 230 g/mol. The lowest BCUT2D eigenvalue weighted by atomic mass is 10.0. The first-order valence-corrected chi connectivity index (χ1v) is 7.48. The Labute approximate surface area is 109 Å². The average Bonchev–Trinajstić information content (AvgIpc) is 2.81. The van der Waals surface area contributed by atoms with Crippen LogP contribution < -0.4 is 5.32 Å². The molecule has 0 fully saturated rings. The van der Waals surface area contributed by atoms with Crippen LogP contribution in [0.3, 0.4) is 0 Å². The summed E-state index contributed by atoms with van der Waals surface area (Å²) in [6, 6.07) is 4.79. The molecule has 0 aliphatic carbocycles. The van der Waals surface area contributed by atoms with E-state index in [9.17, 15) is 0 Å². The predicted molar refractivity (Wildman–Crippen MR) is 75.6 cm³/mol. The van der Waals surface area contributed by atoms with Crippen molar-refractivity contribution in [1.29, 1.82) is 0 Å². The van der Waals surface area contributed by atoms with Gasteiger partial charge in [0.2, 0.25) is 0 Å². The molecule has 0 saturated carbocycles. The molecule has 0 aliphatic rings. The second-order valence-electron chi connectivity index (χ2n) is 4.66. The quantitative estimate of drug-likeness (QED) is 0.677. The molecule has 1 unspecified atom stereocenters. The Bertz CT molecular complexity index is 272. The molecule has 0 aromatic carbocycles. The van der Waals surface area contributed by atoms with Crippen molar-refractivity contribution in [3.8, 4) is 0 Å². The van der Waals surface area contributed by atoms with E-state index in [0.717, 1.165) is 19.8 Å². The second kappa shape index (κ2) is 8.67. The molecule has 0 spiro atoms. The van der Waals surface area contributed by atoms with Crippen molar-refractivity contribution in [3.63, 3.8) is 0 Å². The van der Waals surface area contributed by atoms with Gasteiger partial charge in [0.05, 0.1) is 6.61 Å². The number of thiophene rings is 1. The van der Waals surface area contributed by atoms with Gasteiger partial charge in [-0.15, -0.1) is 11.3 Å². The van der Waals surface area contributed by atoms with Gasteiger partial charge in [-0.1, -0.05) is 33.3 Å². The molecule has 1 aromatic rings. The van der Waals surface area contributed by atoms with Crippen LogP contribution in [0.1, 0.15) is 44.5 Å². The highest BCUT2D eigenvalue weighted by Crippen LogP contribution is 2.25. The van der Waals surface area contributed by atoms with E-state index in [4.69, 9.17) is 4.74 Å². The van der Waals surface area contributed by atoms with E-state index < -0.39 is 0 Å². The highest BCUT2D eigenvalue weighted by atomic mass is 32.1. The molecule has 0 amide bonds. The summed E-state index contributed by atoms with van der Waals surface area (Å²) in [6.07, 6.45) is 2.37. The van der Waals surface area contributed by atoms with Gasteiger partial charge in [0, 0.05) is 24.1 Å². The lowest BCUT2D eigenvalue weighted by Gasteiger charge is -2.21. The maximum absolute atomic E-state index is 5.56. The maximum Gasteiger partial charge on any atom is 0.0591 e. The average molecular weight is 255 g/mol. The monoisotopic (exact) mass is 255 g/mol. The van der Waals surface area contributed by atoms with Crippen molar-refractivity contribution in [2.45, 2.75) is 39.7 Å². The van der Waals surface area contributed by atoms with E-state index in [-0.39, 0.29) is 0 Å². The Balaban J connectivity index is 2.22. The molecule has 2 nitrogen and oxygen atoms in total. The minimum atomic E-state index is 0.463. The molecule has 1 atom stereocenters. The first-order chi connectivity index (χ1) is 8.25. The smallest absolute Gasteiger partial charge is 0.0591 e. The molecule has 3 heteroatoms. The van der Waals surface area contributed by atoms with Gasteiger partial charge in [0.25, 0.3) is 0 Å². The molecule has 0 saturated heterocycles. The Morgan fingerprint density at radius 3 is 2.76 bits per heavy atom. The van der Waals surface area contributed by atoms with E-state index >= 15 is 0 Å². The standard InChI is InChI=1S/C14H25NOS/c1-4-5-9-16-10-8-15-14(12(2)3)13-7-6-11-17-13/h6-7,11-12,14-15H,4-5,8-10H2,1-3H3. The van der Waals surface area contributed by atoms with Crippen molar-refractivity contribution in [1.82, 2.24) is 5.32 Å². The van der Waals surface area contributed by atoms with Crippen LogP contribution in [0.2, 0.25) is 0 Å². The van der Waals surface area contributed by atoms with Gasteiger partial charge < -0.3 is 10.1 Å². The number of hydrogen-bond donors (Lipinski definition) is 1. The third-order valence-corrected chi connectivity index (χ3v) is 3.72. The summed E-state index contributed by atoms with van der Waals surface area (Å²) in [5.41, 5.74) is 0. The molecule has 0 radical (unpaired) electrons. The Hall–Kier alpha value is -0.380. The number of hydrogen-bond acceptors (Lipinski definition) is 3. The van der Waals surface area contributed by atoms with Gasteiger partial charge in [-0.2, -0.15) is 0 Å². The van der Waals surface area contributed by atoms with E-state index in [1.165, 1.54) is 17.7 Å². The molecule has 1 heterocycles. The summed E-state index contributed by atoms with van der Waals surface area (Å²) in [4.78, 5) is 1.42. The zero-order valence-corrected chi connectivity index (χ0v) is 12.1. The summed E-state index contributed by atoms with van der Waals surface area (Å²) < 4.78 is 5.56. The summed E-state index contributed by atoms with van der Waals surface area (Å²) in [5, 5.41) is 5.73. The SMILES string of the molecule is CCCCOCCNC(c1cccs1)C(C)C. The van der Waals surface area contributed by atoms with E-state index in [2.05, 4.69) is 43.6 Å². The second-order valence-corrected chi connectivity index (χ2v) is 5.64. The lowest BCUT2D eigenvalue weighted by Crippen LogP contribution is -2.28. The molecule has 0 aliphatic heterocycles. The van der Waals surface area contributed by atoms with Crippen molar-refractivity contribution in [2.24, 2.45) is 5.92 Å². The predicted octanol–water partition coefficient (Wildman–Crippen LogP) is 3.85. The van der Waals surface area contributed by atoms with Gasteiger partial charge in [-0.25, -0.2) is 0 Å². The fraction of sp³-hybridized carbons (Fsp3) is 0.714. The topological polar surface area (TPSA) is 21.3 Å². The largest absolute Gasteiger partial charge is 0.380 e. The Morgan fingerprint density at radius 2 is 2.18 bits per heavy atom. The van der Waals surface area contributed by atoms with Crippen LogP contribution in [0.5, 0.6) is 0 Å². The maximum atomic E-state index is 5.56. The van der Waals surface area contributed by atoms with Gasteiger partial charge in [0.15, 0.2) is 0 Å². The Morgan fingerprint density at radius 1 is 1.35 bits per heavy atom. The van der Waals surface area contributed by atoms with Gasteiger partial charge in [-0.3, -0.25) is 0 Å². The normalized spacial score (nSPS) is 13.2. The molecule has 98 valence electrons. The van der Waals surface area contributed by atoms with Gasteiger partial charge in [-0.05, 0) is 23.8 Å². The minimum absolute atomic E-state index is 0.463. The highest BCUT2D eigenvalue weighted by molar-refractivity contribution is 7.10. The molecular formula is C14H25NOS. The van der Waals surface area contributed by atoms with Crippen LogP contribution in [-0.2, 0) is 4.74 Å². The molecule has 1 aromatic heterocycles. The van der Waals surface area contributed by atoms with Crippen LogP contribution in [-0.4, -0.2) is 19.8 Å². The van der Waals surface area contributed by atoms with Crippen LogP contribution in [0.4, 0.5) is 0 Å². The summed E-state index contributed by atoms with van der Waals surface area (Å²) in [5.74, 6) is 0.615. The number of ether oxygens (including phenoxy) is 1. The van der Waals surface area contributed by atoms with E-state index in [1.54, 1.807) is 0 Å².